The highest BCUT2D eigenvalue weighted by Gasteiger charge is 2.24. The Balaban J connectivity index is 1.30. The van der Waals surface area contributed by atoms with Crippen LogP contribution in [0, 0.1) is 12.7 Å². The fourth-order valence-electron chi connectivity index (χ4n) is 5.14. The predicted molar refractivity (Wildman–Crippen MR) is 147 cm³/mol. The molecule has 1 fully saturated rings. The highest BCUT2D eigenvalue weighted by molar-refractivity contribution is 6.05. The van der Waals surface area contributed by atoms with Crippen LogP contribution in [0.15, 0.2) is 54.9 Å². The highest BCUT2D eigenvalue weighted by Crippen LogP contribution is 2.40. The number of carbonyl (C=O) groups is 2. The summed E-state index contributed by atoms with van der Waals surface area (Å²) in [6.07, 6.45) is 6.39. The summed E-state index contributed by atoms with van der Waals surface area (Å²) in [6, 6.07) is 12.3. The van der Waals surface area contributed by atoms with Crippen LogP contribution in [0.1, 0.15) is 52.4 Å². The molecule has 2 aromatic carbocycles. The third kappa shape index (κ3) is 4.93. The minimum Gasteiger partial charge on any atom is -0.387 e. The van der Waals surface area contributed by atoms with Crippen molar-refractivity contribution in [2.75, 3.05) is 25.0 Å². The van der Waals surface area contributed by atoms with E-state index in [9.17, 15) is 14.0 Å². The summed E-state index contributed by atoms with van der Waals surface area (Å²) < 4.78 is 14.9. The Labute approximate surface area is 224 Å². The van der Waals surface area contributed by atoms with Crippen LogP contribution in [0.25, 0.3) is 27.9 Å². The molecule has 4 aromatic rings. The number of hydrogen-bond acceptors (Lipinski definition) is 5. The summed E-state index contributed by atoms with van der Waals surface area (Å²) >= 11 is 0. The van der Waals surface area contributed by atoms with E-state index in [0.717, 1.165) is 16.7 Å². The first-order valence-corrected chi connectivity index (χ1v) is 13.0. The number of nitrogens with zero attached hydrogens (tertiary/aromatic N) is 3. The number of aromatic nitrogens is 3. The van der Waals surface area contributed by atoms with E-state index < -0.39 is 12.4 Å². The largest absolute Gasteiger partial charge is 0.387 e. The van der Waals surface area contributed by atoms with Gasteiger partial charge >= 0.3 is 0 Å². The van der Waals surface area contributed by atoms with Gasteiger partial charge in [-0.2, -0.15) is 0 Å². The molecule has 1 saturated carbocycles. The SMILES string of the molecule is Cc1c(NC(=O)c2ccc(C3CC3)cc2)cc(F)cc1-c1ncnc2[nH]c(C3=CCN(C(=O)CO)CC3)cc12. The summed E-state index contributed by atoms with van der Waals surface area (Å²) in [5, 5.41) is 12.7. The molecule has 3 heterocycles. The lowest BCUT2D eigenvalue weighted by Crippen LogP contribution is -2.36. The van der Waals surface area contributed by atoms with Crippen molar-refractivity contribution in [3.8, 4) is 11.3 Å². The van der Waals surface area contributed by atoms with E-state index in [1.54, 1.807) is 4.90 Å². The van der Waals surface area contributed by atoms with Gasteiger partial charge in [0.05, 0.1) is 5.69 Å². The second kappa shape index (κ2) is 10.1. The molecule has 2 aromatic heterocycles. The van der Waals surface area contributed by atoms with Gasteiger partial charge in [-0.25, -0.2) is 14.4 Å². The van der Waals surface area contributed by atoms with E-state index in [4.69, 9.17) is 5.11 Å². The molecule has 2 amide bonds. The third-order valence-electron chi connectivity index (χ3n) is 7.57. The second-order valence-electron chi connectivity index (χ2n) is 10.1. The molecule has 0 unspecified atom stereocenters. The molecule has 1 aliphatic heterocycles. The number of rotatable bonds is 6. The molecule has 0 radical (unpaired) electrons. The van der Waals surface area contributed by atoms with E-state index in [-0.39, 0.29) is 11.8 Å². The first-order valence-electron chi connectivity index (χ1n) is 13.0. The lowest BCUT2D eigenvalue weighted by atomic mass is 10.00. The van der Waals surface area contributed by atoms with Gasteiger partial charge in [-0.1, -0.05) is 18.2 Å². The van der Waals surface area contributed by atoms with Crippen LogP contribution in [-0.4, -0.2) is 56.5 Å². The summed E-state index contributed by atoms with van der Waals surface area (Å²) in [6.45, 7) is 2.25. The van der Waals surface area contributed by atoms with E-state index in [0.29, 0.717) is 59.1 Å². The van der Waals surface area contributed by atoms with Crippen LogP contribution in [0.3, 0.4) is 0 Å². The molecule has 2 aliphatic rings. The summed E-state index contributed by atoms with van der Waals surface area (Å²) in [4.78, 5) is 38.6. The van der Waals surface area contributed by atoms with Crippen LogP contribution in [-0.2, 0) is 4.79 Å². The number of amides is 2. The number of H-pyrrole nitrogens is 1. The number of fused-ring (bicyclic) bond motifs is 1. The Bertz CT molecular complexity index is 1620. The van der Waals surface area contributed by atoms with Crippen molar-refractivity contribution in [3.63, 3.8) is 0 Å². The predicted octanol–water partition coefficient (Wildman–Crippen LogP) is 4.81. The monoisotopic (exact) mass is 525 g/mol. The van der Waals surface area contributed by atoms with Crippen molar-refractivity contribution in [3.05, 3.63) is 83.1 Å². The number of aromatic amines is 1. The fourth-order valence-corrected chi connectivity index (χ4v) is 5.14. The normalized spacial score (nSPS) is 15.4. The first-order chi connectivity index (χ1) is 18.9. The first kappa shape index (κ1) is 24.9. The van der Waals surface area contributed by atoms with Crippen molar-refractivity contribution in [2.45, 2.75) is 32.1 Å². The number of carbonyl (C=O) groups excluding carboxylic acids is 2. The van der Waals surface area contributed by atoms with E-state index in [2.05, 4.69) is 20.3 Å². The minimum atomic E-state index is -0.503. The maximum Gasteiger partial charge on any atom is 0.255 e. The van der Waals surface area contributed by atoms with Gasteiger partial charge in [0.2, 0.25) is 5.91 Å². The van der Waals surface area contributed by atoms with Gasteiger partial charge in [0, 0.05) is 41.0 Å². The lowest BCUT2D eigenvalue weighted by Gasteiger charge is -2.25. The van der Waals surface area contributed by atoms with Gasteiger partial charge in [-0.15, -0.1) is 0 Å². The molecular weight excluding hydrogens is 497 g/mol. The number of aliphatic hydroxyl groups excluding tert-OH is 1. The maximum absolute atomic E-state index is 14.9. The zero-order valence-corrected chi connectivity index (χ0v) is 21.5. The van der Waals surface area contributed by atoms with Crippen LogP contribution in [0.2, 0.25) is 0 Å². The Hall–Kier alpha value is -4.37. The summed E-state index contributed by atoms with van der Waals surface area (Å²) in [5.74, 6) is -0.476. The van der Waals surface area contributed by atoms with Crippen LogP contribution >= 0.6 is 0 Å². The Morgan fingerprint density at radius 3 is 2.64 bits per heavy atom. The van der Waals surface area contributed by atoms with Crippen molar-refractivity contribution in [2.24, 2.45) is 0 Å². The van der Waals surface area contributed by atoms with Crippen molar-refractivity contribution < 1.29 is 19.1 Å². The number of anilines is 1. The van der Waals surface area contributed by atoms with Crippen molar-refractivity contribution in [1.29, 1.82) is 0 Å². The van der Waals surface area contributed by atoms with Gasteiger partial charge in [0.25, 0.3) is 5.91 Å². The Morgan fingerprint density at radius 2 is 1.95 bits per heavy atom. The van der Waals surface area contributed by atoms with E-state index >= 15 is 0 Å². The molecule has 0 spiro atoms. The van der Waals surface area contributed by atoms with Crippen molar-refractivity contribution >= 4 is 34.1 Å². The number of nitrogens with one attached hydrogen (secondary N) is 2. The molecule has 0 bridgehead atoms. The topological polar surface area (TPSA) is 111 Å². The number of halogens is 1. The third-order valence-corrected chi connectivity index (χ3v) is 7.57. The van der Waals surface area contributed by atoms with Crippen molar-refractivity contribution in [1.82, 2.24) is 19.9 Å². The van der Waals surface area contributed by atoms with Gasteiger partial charge in [0.1, 0.15) is 24.4 Å². The van der Waals surface area contributed by atoms with Gasteiger partial charge in [-0.05, 0) is 79.1 Å². The van der Waals surface area contributed by atoms with Crippen LogP contribution in [0.4, 0.5) is 10.1 Å². The molecule has 198 valence electrons. The smallest absolute Gasteiger partial charge is 0.255 e. The number of hydrogen-bond donors (Lipinski definition) is 3. The standard InChI is InChI=1S/C30H28FN5O3/c1-17-23(12-22(31)13-25(17)35-30(39)21-6-4-19(5-7-21)18-2-3-18)28-24-14-26(34-29(24)33-16-32-28)20-8-10-36(11-9-20)27(38)15-37/h4-8,12-14,16,18,37H,2-3,9-11,15H2,1H3,(H,35,39)(H,32,33,34). The Kier molecular flexibility index (Phi) is 6.44. The molecular formula is C30H28FN5O3. The fraction of sp³-hybridized carbons (Fsp3) is 0.267. The molecule has 0 atom stereocenters. The van der Waals surface area contributed by atoms with E-state index in [1.807, 2.05) is 43.3 Å². The molecule has 9 heteroatoms. The maximum atomic E-state index is 14.9. The minimum absolute atomic E-state index is 0.296. The summed E-state index contributed by atoms with van der Waals surface area (Å²) in [5.41, 5.74) is 6.43. The van der Waals surface area contributed by atoms with Crippen LogP contribution in [0.5, 0.6) is 0 Å². The molecule has 0 saturated heterocycles. The molecule has 3 N–H and O–H groups in total. The van der Waals surface area contributed by atoms with Crippen LogP contribution < -0.4 is 5.32 Å². The van der Waals surface area contributed by atoms with Gasteiger partial charge < -0.3 is 20.3 Å². The molecule has 39 heavy (non-hydrogen) atoms. The average molecular weight is 526 g/mol. The molecule has 8 nitrogen and oxygen atoms in total. The molecule has 6 rings (SSSR count). The van der Waals surface area contributed by atoms with Gasteiger partial charge in [0.15, 0.2) is 0 Å². The molecule has 1 aliphatic carbocycles. The highest BCUT2D eigenvalue weighted by atomic mass is 19.1. The number of benzene rings is 2. The van der Waals surface area contributed by atoms with Gasteiger partial charge in [-0.3, -0.25) is 9.59 Å². The number of aliphatic hydroxyl groups is 1. The lowest BCUT2D eigenvalue weighted by molar-refractivity contribution is -0.133. The zero-order chi connectivity index (χ0) is 27.1. The average Bonchev–Trinajstić information content (AvgIpc) is 3.72. The van der Waals surface area contributed by atoms with E-state index in [1.165, 1.54) is 36.9 Å². The quantitative estimate of drug-likeness (QED) is 0.335. The summed E-state index contributed by atoms with van der Waals surface area (Å²) in [7, 11) is 0. The second-order valence-corrected chi connectivity index (χ2v) is 10.1. The Morgan fingerprint density at radius 1 is 1.15 bits per heavy atom. The zero-order valence-electron chi connectivity index (χ0n) is 21.5.